The van der Waals surface area contributed by atoms with Crippen molar-refractivity contribution in [2.24, 2.45) is 0 Å². The van der Waals surface area contributed by atoms with Crippen molar-refractivity contribution >= 4 is 51.9 Å². The first-order chi connectivity index (χ1) is 14.5. The highest BCUT2D eigenvalue weighted by Crippen LogP contribution is 2.30. The van der Waals surface area contributed by atoms with Gasteiger partial charge in [0, 0.05) is 15.8 Å². The molecule has 4 nitrogen and oxygen atoms in total. The number of aromatic nitrogens is 2. The van der Waals surface area contributed by atoms with Crippen LogP contribution in [0.3, 0.4) is 0 Å². The lowest BCUT2D eigenvalue weighted by Crippen LogP contribution is -2.20. The van der Waals surface area contributed by atoms with Crippen molar-refractivity contribution in [2.75, 3.05) is 6.61 Å². The van der Waals surface area contributed by atoms with Crippen molar-refractivity contribution in [1.29, 1.82) is 0 Å². The van der Waals surface area contributed by atoms with Crippen molar-refractivity contribution in [2.45, 2.75) is 17.8 Å². The summed E-state index contributed by atoms with van der Waals surface area (Å²) in [6, 6.07) is 20.6. The van der Waals surface area contributed by atoms with Crippen LogP contribution in [0.15, 0.2) is 71.9 Å². The first-order valence-electron chi connectivity index (χ1n) is 9.28. The van der Waals surface area contributed by atoms with E-state index in [1.807, 2.05) is 61.5 Å². The number of fused-ring (bicyclic) bond motifs is 1. The number of aryl methyl sites for hydroxylation is 1. The van der Waals surface area contributed by atoms with E-state index in [0.29, 0.717) is 26.7 Å². The number of carbonyl (C=O) groups is 1. The lowest BCUT2D eigenvalue weighted by atomic mass is 10.2. The van der Waals surface area contributed by atoms with Gasteiger partial charge in [0.2, 0.25) is 0 Å². The second kappa shape index (κ2) is 9.13. The molecule has 0 spiro atoms. The molecule has 0 unspecified atom stereocenters. The Morgan fingerprint density at radius 2 is 1.83 bits per heavy atom. The van der Waals surface area contributed by atoms with Gasteiger partial charge < -0.3 is 4.74 Å². The molecule has 152 valence electrons. The van der Waals surface area contributed by atoms with Crippen LogP contribution in [0.5, 0.6) is 5.75 Å². The Kier molecular flexibility index (Phi) is 6.32. The fraction of sp³-hybridized carbons (Fsp3) is 0.130. The number of imidazole rings is 1. The molecule has 30 heavy (non-hydrogen) atoms. The minimum absolute atomic E-state index is 0.0846. The summed E-state index contributed by atoms with van der Waals surface area (Å²) in [5.41, 5.74) is 3.56. The van der Waals surface area contributed by atoms with Crippen molar-refractivity contribution in [1.82, 2.24) is 9.55 Å². The highest BCUT2D eigenvalue weighted by atomic mass is 35.5. The molecular weight excluding hydrogens is 439 g/mol. The summed E-state index contributed by atoms with van der Waals surface area (Å²) < 4.78 is 7.31. The number of carbonyl (C=O) groups excluding carboxylic acids is 1. The van der Waals surface area contributed by atoms with E-state index in [0.717, 1.165) is 22.2 Å². The van der Waals surface area contributed by atoms with E-state index < -0.39 is 0 Å². The van der Waals surface area contributed by atoms with Gasteiger partial charge in [-0.05, 0) is 48.9 Å². The Bertz CT molecular complexity index is 1210. The standard InChI is InChI=1S/C23H18Cl2N2O2S/c1-15-6-10-18(11-7-15)29-13-22(28)27-21-5-3-2-4-20(21)26-23(27)30-14-16-8-9-17(24)12-19(16)25/h2-12H,13-14H2,1H3. The highest BCUT2D eigenvalue weighted by Gasteiger charge is 2.18. The first-order valence-corrected chi connectivity index (χ1v) is 11.0. The number of thioether (sulfide) groups is 1. The topological polar surface area (TPSA) is 44.1 Å². The van der Waals surface area contributed by atoms with Gasteiger partial charge in [-0.1, -0.05) is 70.9 Å². The van der Waals surface area contributed by atoms with Gasteiger partial charge in [0.1, 0.15) is 5.75 Å². The zero-order valence-corrected chi connectivity index (χ0v) is 18.5. The molecule has 0 aliphatic heterocycles. The second-order valence-electron chi connectivity index (χ2n) is 6.74. The molecule has 0 aliphatic rings. The third-order valence-corrected chi connectivity index (χ3v) is 6.11. The SMILES string of the molecule is Cc1ccc(OCC(=O)n2c(SCc3ccc(Cl)cc3Cl)nc3ccccc32)cc1. The third-order valence-electron chi connectivity index (χ3n) is 4.53. The fourth-order valence-electron chi connectivity index (χ4n) is 2.97. The van der Waals surface area contributed by atoms with Crippen molar-refractivity contribution in [3.8, 4) is 5.75 Å². The van der Waals surface area contributed by atoms with E-state index in [2.05, 4.69) is 4.98 Å². The molecule has 0 radical (unpaired) electrons. The van der Waals surface area contributed by atoms with Crippen LogP contribution in [-0.4, -0.2) is 22.1 Å². The normalized spacial score (nSPS) is 11.0. The summed E-state index contributed by atoms with van der Waals surface area (Å²) in [4.78, 5) is 17.7. The van der Waals surface area contributed by atoms with Crippen LogP contribution in [0.4, 0.5) is 0 Å². The second-order valence-corrected chi connectivity index (χ2v) is 8.52. The van der Waals surface area contributed by atoms with Gasteiger partial charge in [0.05, 0.1) is 11.0 Å². The van der Waals surface area contributed by atoms with Crippen LogP contribution < -0.4 is 4.74 Å². The third kappa shape index (κ3) is 4.64. The maximum Gasteiger partial charge on any atom is 0.271 e. The van der Waals surface area contributed by atoms with Crippen molar-refractivity contribution in [3.63, 3.8) is 0 Å². The Balaban J connectivity index is 1.57. The maximum absolute atomic E-state index is 13.0. The van der Waals surface area contributed by atoms with Crippen LogP contribution in [-0.2, 0) is 5.75 Å². The van der Waals surface area contributed by atoms with E-state index in [4.69, 9.17) is 27.9 Å². The number of para-hydroxylation sites is 2. The van der Waals surface area contributed by atoms with E-state index in [9.17, 15) is 4.79 Å². The molecule has 4 rings (SSSR count). The lowest BCUT2D eigenvalue weighted by Gasteiger charge is -2.10. The number of hydrogen-bond donors (Lipinski definition) is 0. The minimum Gasteiger partial charge on any atom is -0.484 e. The Morgan fingerprint density at radius 1 is 1.07 bits per heavy atom. The molecule has 0 saturated carbocycles. The lowest BCUT2D eigenvalue weighted by molar-refractivity contribution is 0.0832. The van der Waals surface area contributed by atoms with Crippen LogP contribution in [0.25, 0.3) is 11.0 Å². The predicted molar refractivity (Wildman–Crippen MR) is 123 cm³/mol. The zero-order valence-electron chi connectivity index (χ0n) is 16.1. The first kappa shape index (κ1) is 20.8. The quantitative estimate of drug-likeness (QED) is 0.304. The summed E-state index contributed by atoms with van der Waals surface area (Å²) in [7, 11) is 0. The average molecular weight is 457 g/mol. The largest absolute Gasteiger partial charge is 0.484 e. The van der Waals surface area contributed by atoms with Crippen molar-refractivity contribution < 1.29 is 9.53 Å². The number of hydrogen-bond acceptors (Lipinski definition) is 4. The summed E-state index contributed by atoms with van der Waals surface area (Å²) in [5, 5.41) is 1.77. The van der Waals surface area contributed by atoms with Gasteiger partial charge >= 0.3 is 0 Å². The number of ether oxygens (including phenoxy) is 1. The Labute approximate surface area is 188 Å². The highest BCUT2D eigenvalue weighted by molar-refractivity contribution is 7.98. The zero-order chi connectivity index (χ0) is 21.1. The van der Waals surface area contributed by atoms with Crippen LogP contribution in [0.1, 0.15) is 15.9 Å². The number of rotatable bonds is 6. The predicted octanol–water partition coefficient (Wildman–Crippen LogP) is 6.66. The molecule has 0 bridgehead atoms. The number of nitrogens with zero attached hydrogens (tertiary/aromatic N) is 2. The average Bonchev–Trinajstić information content (AvgIpc) is 3.11. The monoisotopic (exact) mass is 456 g/mol. The van der Waals surface area contributed by atoms with Gasteiger partial charge in [0.25, 0.3) is 5.91 Å². The summed E-state index contributed by atoms with van der Waals surface area (Å²) in [6.45, 7) is 1.92. The molecule has 0 saturated heterocycles. The number of benzene rings is 3. The molecular formula is C23H18Cl2N2O2S. The molecule has 0 atom stereocenters. The Hall–Kier alpha value is -2.47. The Morgan fingerprint density at radius 3 is 2.60 bits per heavy atom. The molecule has 1 heterocycles. The minimum atomic E-state index is -0.186. The van der Waals surface area contributed by atoms with Crippen LogP contribution >= 0.6 is 35.0 Å². The van der Waals surface area contributed by atoms with Gasteiger partial charge in [-0.3, -0.25) is 9.36 Å². The smallest absolute Gasteiger partial charge is 0.271 e. The molecule has 0 aliphatic carbocycles. The maximum atomic E-state index is 13.0. The number of halogens is 2. The van der Waals surface area contributed by atoms with E-state index in [-0.39, 0.29) is 12.5 Å². The van der Waals surface area contributed by atoms with E-state index in [1.54, 1.807) is 16.7 Å². The van der Waals surface area contributed by atoms with Gasteiger partial charge in [-0.2, -0.15) is 0 Å². The van der Waals surface area contributed by atoms with Gasteiger partial charge in [-0.25, -0.2) is 4.98 Å². The van der Waals surface area contributed by atoms with E-state index >= 15 is 0 Å². The molecule has 0 fully saturated rings. The molecule has 7 heteroatoms. The van der Waals surface area contributed by atoms with Gasteiger partial charge in [-0.15, -0.1) is 0 Å². The molecule has 0 N–H and O–H groups in total. The molecule has 3 aromatic carbocycles. The summed E-state index contributed by atoms with van der Waals surface area (Å²) in [6.07, 6.45) is 0. The molecule has 4 aromatic rings. The molecule has 1 aromatic heterocycles. The fourth-order valence-corrected chi connectivity index (χ4v) is 4.55. The van der Waals surface area contributed by atoms with Gasteiger partial charge in [0.15, 0.2) is 11.8 Å². The van der Waals surface area contributed by atoms with E-state index in [1.165, 1.54) is 11.8 Å². The van der Waals surface area contributed by atoms with Crippen molar-refractivity contribution in [3.05, 3.63) is 87.9 Å². The summed E-state index contributed by atoms with van der Waals surface area (Å²) in [5.74, 6) is 1.03. The summed E-state index contributed by atoms with van der Waals surface area (Å²) >= 11 is 13.7. The van der Waals surface area contributed by atoms with Crippen LogP contribution in [0.2, 0.25) is 10.0 Å². The van der Waals surface area contributed by atoms with Crippen LogP contribution in [0, 0.1) is 6.92 Å². The molecule has 0 amide bonds.